The summed E-state index contributed by atoms with van der Waals surface area (Å²) in [5.41, 5.74) is 4.36. The van der Waals surface area contributed by atoms with Crippen molar-refractivity contribution in [2.75, 3.05) is 33.7 Å². The van der Waals surface area contributed by atoms with Gasteiger partial charge in [0.1, 0.15) is 11.5 Å². The Bertz CT molecular complexity index is 1920. The number of nitrogens with zero attached hydrogens (tertiary/aromatic N) is 2. The Hall–Kier alpha value is -5.07. The number of carbonyl (C=O) groups is 5. The molecule has 0 heterocycles. The number of imide groups is 1. The number of amides is 3. The maximum Gasteiger partial charge on any atom is 0.260 e. The predicted octanol–water partition coefficient (Wildman–Crippen LogP) is 4.90. The first-order chi connectivity index (χ1) is 22.3. The average Bonchev–Trinajstić information content (AvgIpc) is 3.34. The minimum Gasteiger partial charge on any atom is -0.457 e. The van der Waals surface area contributed by atoms with Crippen LogP contribution in [0.1, 0.15) is 52.6 Å². The Morgan fingerprint density at radius 2 is 1.19 bits per heavy atom. The average molecular weight is 673 g/mol. The van der Waals surface area contributed by atoms with E-state index in [1.807, 2.05) is 12.1 Å². The van der Waals surface area contributed by atoms with Gasteiger partial charge in [-0.05, 0) is 78.2 Å². The van der Waals surface area contributed by atoms with E-state index in [1.54, 1.807) is 76.0 Å². The van der Waals surface area contributed by atoms with Gasteiger partial charge in [0.05, 0.1) is 5.56 Å². The van der Waals surface area contributed by atoms with Gasteiger partial charge < -0.3 is 9.64 Å². The largest absolute Gasteiger partial charge is 0.457 e. The predicted molar refractivity (Wildman–Crippen MR) is 179 cm³/mol. The molecule has 0 aromatic heterocycles. The van der Waals surface area contributed by atoms with Gasteiger partial charge in [0.15, 0.2) is 12.1 Å². The van der Waals surface area contributed by atoms with Crippen LogP contribution in [-0.2, 0) is 26.4 Å². The highest BCUT2D eigenvalue weighted by molar-refractivity contribution is 7.84. The lowest BCUT2D eigenvalue weighted by Crippen LogP contribution is -2.25. The molecule has 12 heteroatoms. The zero-order valence-electron chi connectivity index (χ0n) is 26.6. The number of ketones is 1. The van der Waals surface area contributed by atoms with E-state index in [0.717, 1.165) is 16.0 Å². The molecule has 3 amide bonds. The molecule has 0 fully saturated rings. The first-order valence-electron chi connectivity index (χ1n) is 14.1. The summed E-state index contributed by atoms with van der Waals surface area (Å²) in [6.45, 7) is 1.75. The van der Waals surface area contributed by atoms with Crippen LogP contribution in [0.4, 0.5) is 0 Å². The van der Waals surface area contributed by atoms with Crippen molar-refractivity contribution in [1.29, 1.82) is 0 Å². The van der Waals surface area contributed by atoms with Crippen molar-refractivity contribution in [3.8, 4) is 22.6 Å². The minimum absolute atomic E-state index is 0.0883. The minimum atomic E-state index is -1.11. The summed E-state index contributed by atoms with van der Waals surface area (Å²) in [4.78, 5) is 62.6. The molecule has 1 aliphatic rings. The van der Waals surface area contributed by atoms with Crippen LogP contribution in [0.2, 0.25) is 0 Å². The fourth-order valence-corrected chi connectivity index (χ4v) is 5.88. The SMILES string of the molecule is CS(=O)c1ccc2c(c1)C(=O)c1cc(S(C)=O)ccc1-2.Cc1ccc(Oc2ccc(C=O)c(C(=O)N(C)C)c2)cc1C(=O)N(C)C=O. The van der Waals surface area contributed by atoms with Crippen molar-refractivity contribution >= 4 is 51.9 Å². The van der Waals surface area contributed by atoms with Crippen LogP contribution in [0.5, 0.6) is 11.5 Å². The highest BCUT2D eigenvalue weighted by atomic mass is 32.2. The molecule has 242 valence electrons. The highest BCUT2D eigenvalue weighted by Crippen LogP contribution is 2.38. The fourth-order valence-electron chi connectivity index (χ4n) is 4.79. The summed E-state index contributed by atoms with van der Waals surface area (Å²) in [5, 5.41) is 0. The van der Waals surface area contributed by atoms with Gasteiger partial charge in [-0.1, -0.05) is 18.2 Å². The van der Waals surface area contributed by atoms with E-state index >= 15 is 0 Å². The number of aryl methyl sites for hydroxylation is 1. The Morgan fingerprint density at radius 1 is 0.681 bits per heavy atom. The molecule has 4 aromatic carbocycles. The Kier molecular flexibility index (Phi) is 10.8. The van der Waals surface area contributed by atoms with E-state index in [1.165, 1.54) is 30.1 Å². The van der Waals surface area contributed by atoms with Gasteiger partial charge >= 0.3 is 0 Å². The van der Waals surface area contributed by atoms with Crippen molar-refractivity contribution in [2.45, 2.75) is 16.7 Å². The van der Waals surface area contributed by atoms with E-state index in [2.05, 4.69) is 0 Å². The molecule has 0 bridgehead atoms. The topological polar surface area (TPSA) is 135 Å². The molecule has 10 nitrogen and oxygen atoms in total. The van der Waals surface area contributed by atoms with Gasteiger partial charge in [0.25, 0.3) is 11.8 Å². The summed E-state index contributed by atoms with van der Waals surface area (Å²) >= 11 is 0. The monoisotopic (exact) mass is 672 g/mol. The van der Waals surface area contributed by atoms with Crippen molar-refractivity contribution in [3.05, 3.63) is 106 Å². The van der Waals surface area contributed by atoms with Crippen LogP contribution < -0.4 is 4.74 Å². The van der Waals surface area contributed by atoms with E-state index in [0.29, 0.717) is 56.2 Å². The quantitative estimate of drug-likeness (QED) is 0.213. The lowest BCUT2D eigenvalue weighted by atomic mass is 10.1. The number of aldehydes is 1. The second-order valence-corrected chi connectivity index (χ2v) is 13.6. The molecule has 2 unspecified atom stereocenters. The highest BCUT2D eigenvalue weighted by Gasteiger charge is 2.27. The molecule has 0 N–H and O–H groups in total. The molecule has 2 atom stereocenters. The molecule has 0 saturated heterocycles. The number of hydrogen-bond acceptors (Lipinski definition) is 8. The summed E-state index contributed by atoms with van der Waals surface area (Å²) < 4.78 is 28.8. The second kappa shape index (κ2) is 14.6. The maximum atomic E-state index is 12.4. The third kappa shape index (κ3) is 7.50. The zero-order chi connectivity index (χ0) is 34.6. The number of hydrogen-bond donors (Lipinski definition) is 0. The molecule has 0 spiro atoms. The zero-order valence-corrected chi connectivity index (χ0v) is 28.2. The lowest BCUT2D eigenvalue weighted by molar-refractivity contribution is -0.115. The number of ether oxygens (including phenoxy) is 1. The van der Waals surface area contributed by atoms with Crippen molar-refractivity contribution < 1.29 is 37.1 Å². The normalized spacial score (nSPS) is 12.4. The molecular weight excluding hydrogens is 641 g/mol. The Labute approximate surface area is 277 Å². The van der Waals surface area contributed by atoms with E-state index in [9.17, 15) is 32.4 Å². The summed E-state index contributed by atoms with van der Waals surface area (Å²) in [6, 6.07) is 20.1. The number of rotatable bonds is 8. The number of carbonyl (C=O) groups excluding carboxylic acids is 5. The van der Waals surface area contributed by atoms with Crippen LogP contribution >= 0.6 is 0 Å². The van der Waals surface area contributed by atoms with Crippen LogP contribution in [0, 0.1) is 6.92 Å². The van der Waals surface area contributed by atoms with Crippen molar-refractivity contribution in [1.82, 2.24) is 9.80 Å². The summed E-state index contributed by atoms with van der Waals surface area (Å²) in [7, 11) is 2.32. The molecule has 1 aliphatic carbocycles. The molecule has 0 radical (unpaired) electrons. The van der Waals surface area contributed by atoms with Gasteiger partial charge in [-0.15, -0.1) is 0 Å². The van der Waals surface area contributed by atoms with Crippen molar-refractivity contribution in [3.63, 3.8) is 0 Å². The standard InChI is InChI=1S/C20H20N2O5.C15H12O3S2/c1-13-5-7-15(9-17(13)20(26)22(4)12-24)27-16-8-6-14(11-23)18(10-16)19(25)21(2)3;1-19(17)9-3-5-11-12-6-4-10(20(2)18)8-14(12)15(16)13(11)7-9/h5-12H,1-4H3;3-8H,1-2H3. The van der Waals surface area contributed by atoms with Gasteiger partial charge in [0, 0.05) is 87.3 Å². The lowest BCUT2D eigenvalue weighted by Gasteiger charge is -2.15. The molecule has 5 rings (SSSR count). The third-order valence-electron chi connectivity index (χ3n) is 7.37. The van der Waals surface area contributed by atoms with Crippen LogP contribution in [0.15, 0.2) is 82.6 Å². The van der Waals surface area contributed by atoms with Crippen LogP contribution in [0.25, 0.3) is 11.1 Å². The van der Waals surface area contributed by atoms with Gasteiger partial charge in [-0.25, -0.2) is 0 Å². The third-order valence-corrected chi connectivity index (χ3v) is 9.20. The van der Waals surface area contributed by atoms with E-state index in [-0.39, 0.29) is 22.8 Å². The van der Waals surface area contributed by atoms with Gasteiger partial charge in [0.2, 0.25) is 6.41 Å². The molecular formula is C35H32N2O8S2. The van der Waals surface area contributed by atoms with E-state index in [4.69, 9.17) is 4.74 Å². The molecule has 0 aliphatic heterocycles. The second-order valence-electron chi connectivity index (χ2n) is 10.8. The van der Waals surface area contributed by atoms with Gasteiger partial charge in [-0.3, -0.25) is 37.3 Å². The number of fused-ring (bicyclic) bond motifs is 3. The fraction of sp³-hybridized carbons (Fsp3) is 0.171. The molecule has 4 aromatic rings. The van der Waals surface area contributed by atoms with Crippen LogP contribution in [0.3, 0.4) is 0 Å². The Balaban J connectivity index is 0.000000221. The summed E-state index contributed by atoms with van der Waals surface area (Å²) in [6.07, 6.45) is 4.23. The molecule has 0 saturated carbocycles. The number of benzene rings is 4. The van der Waals surface area contributed by atoms with E-state index < -0.39 is 27.5 Å². The smallest absolute Gasteiger partial charge is 0.260 e. The Morgan fingerprint density at radius 3 is 1.66 bits per heavy atom. The summed E-state index contributed by atoms with van der Waals surface area (Å²) in [5.74, 6) is -0.153. The molecule has 47 heavy (non-hydrogen) atoms. The first-order valence-corrected chi connectivity index (χ1v) is 17.2. The van der Waals surface area contributed by atoms with Crippen molar-refractivity contribution in [2.24, 2.45) is 0 Å². The first kappa shape index (κ1) is 34.8. The van der Waals surface area contributed by atoms with Crippen LogP contribution in [-0.4, -0.2) is 82.2 Å². The van der Waals surface area contributed by atoms with Gasteiger partial charge in [-0.2, -0.15) is 0 Å². The maximum absolute atomic E-state index is 12.4.